The van der Waals surface area contributed by atoms with Crippen molar-refractivity contribution in [2.24, 2.45) is 4.99 Å². The lowest BCUT2D eigenvalue weighted by Gasteiger charge is -2.25. The van der Waals surface area contributed by atoms with Crippen LogP contribution in [0, 0.1) is 6.92 Å². The predicted octanol–water partition coefficient (Wildman–Crippen LogP) is 4.97. The van der Waals surface area contributed by atoms with Crippen molar-refractivity contribution in [3.8, 4) is 22.8 Å². The standard InChI is InChI=1S/C33H31ClN2O8S/c1-6-41-26-14-20(9-12-25(26)43-17-28(37)40-5)30-29(32(39)42-7-2)19(4)35-33-36(30)31(38)27(45-33)16-22-11-13-24(44-22)23-15-21(34)10-8-18(23)3/h8-16,30H,6-7,17H2,1-5H3/b27-16+/t30-/m1/s1. The van der Waals surface area contributed by atoms with Crippen LogP contribution in [0.3, 0.4) is 0 Å². The molecule has 0 fully saturated rings. The molecule has 12 heteroatoms. The second-order valence-corrected chi connectivity index (χ2v) is 11.4. The Kier molecular flexibility index (Phi) is 9.60. The van der Waals surface area contributed by atoms with E-state index in [1.54, 1.807) is 44.2 Å². The zero-order valence-electron chi connectivity index (χ0n) is 25.3. The number of benzene rings is 2. The molecule has 3 heterocycles. The molecule has 1 aliphatic heterocycles. The molecule has 0 amide bonds. The fourth-order valence-electron chi connectivity index (χ4n) is 4.95. The first-order chi connectivity index (χ1) is 21.6. The van der Waals surface area contributed by atoms with E-state index in [1.807, 2.05) is 38.1 Å². The van der Waals surface area contributed by atoms with Crippen molar-refractivity contribution in [3.63, 3.8) is 0 Å². The first-order valence-corrected chi connectivity index (χ1v) is 15.4. The minimum Gasteiger partial charge on any atom is -0.490 e. The molecule has 2 aromatic carbocycles. The number of carbonyl (C=O) groups is 2. The van der Waals surface area contributed by atoms with E-state index in [0.29, 0.717) is 55.2 Å². The molecule has 0 N–H and O–H groups in total. The summed E-state index contributed by atoms with van der Waals surface area (Å²) >= 11 is 7.39. The number of halogens is 1. The lowest BCUT2D eigenvalue weighted by Crippen LogP contribution is -2.40. The Morgan fingerprint density at radius 1 is 1.04 bits per heavy atom. The van der Waals surface area contributed by atoms with Gasteiger partial charge in [0.25, 0.3) is 5.56 Å². The molecule has 45 heavy (non-hydrogen) atoms. The van der Waals surface area contributed by atoms with Gasteiger partial charge in [-0.1, -0.05) is 35.1 Å². The number of esters is 2. The van der Waals surface area contributed by atoms with Gasteiger partial charge in [-0.25, -0.2) is 14.6 Å². The normalized spacial score (nSPS) is 14.5. The Morgan fingerprint density at radius 2 is 1.84 bits per heavy atom. The highest BCUT2D eigenvalue weighted by Gasteiger charge is 2.34. The van der Waals surface area contributed by atoms with Crippen LogP contribution in [-0.2, 0) is 19.1 Å². The molecular weight excluding hydrogens is 620 g/mol. The number of ether oxygens (including phenoxy) is 4. The molecule has 1 aliphatic rings. The van der Waals surface area contributed by atoms with Crippen molar-refractivity contribution >= 4 is 41.0 Å². The highest BCUT2D eigenvalue weighted by Crippen LogP contribution is 2.36. The Morgan fingerprint density at radius 3 is 2.58 bits per heavy atom. The number of aryl methyl sites for hydroxylation is 1. The van der Waals surface area contributed by atoms with Crippen LogP contribution in [0.25, 0.3) is 17.4 Å². The minimum absolute atomic E-state index is 0.143. The SMILES string of the molecule is CCOC(=O)C1=C(C)N=c2s/c(=C/c3ccc(-c4cc(Cl)ccc4C)o3)c(=O)n2[C@@H]1c1ccc(OCC(=O)OC)c(OCC)c1. The van der Waals surface area contributed by atoms with Crippen LogP contribution in [0.4, 0.5) is 0 Å². The molecule has 0 unspecified atom stereocenters. The molecule has 5 rings (SSSR count). The van der Waals surface area contributed by atoms with Crippen LogP contribution in [0.15, 0.2) is 74.0 Å². The summed E-state index contributed by atoms with van der Waals surface area (Å²) in [6, 6.07) is 13.3. The fourth-order valence-corrected chi connectivity index (χ4v) is 6.15. The number of methoxy groups -OCH3 is 1. The molecule has 0 radical (unpaired) electrons. The molecule has 234 valence electrons. The molecule has 0 bridgehead atoms. The number of furan rings is 1. The highest BCUT2D eigenvalue weighted by molar-refractivity contribution is 7.07. The number of aromatic nitrogens is 1. The topological polar surface area (TPSA) is 119 Å². The summed E-state index contributed by atoms with van der Waals surface area (Å²) in [5.41, 5.74) is 2.69. The number of carbonyl (C=O) groups excluding carboxylic acids is 2. The van der Waals surface area contributed by atoms with E-state index < -0.39 is 18.0 Å². The second-order valence-electron chi connectivity index (χ2n) is 9.97. The zero-order chi connectivity index (χ0) is 32.2. The van der Waals surface area contributed by atoms with Gasteiger partial charge in [0.2, 0.25) is 0 Å². The fraction of sp³-hybridized carbons (Fsp3) is 0.273. The van der Waals surface area contributed by atoms with Gasteiger partial charge in [0.15, 0.2) is 22.9 Å². The molecule has 0 saturated heterocycles. The summed E-state index contributed by atoms with van der Waals surface area (Å²) in [5.74, 6) is 0.583. The van der Waals surface area contributed by atoms with E-state index in [1.165, 1.54) is 23.0 Å². The van der Waals surface area contributed by atoms with Crippen LogP contribution in [-0.4, -0.2) is 43.4 Å². The minimum atomic E-state index is -0.877. The quantitative estimate of drug-likeness (QED) is 0.221. The van der Waals surface area contributed by atoms with Gasteiger partial charge >= 0.3 is 11.9 Å². The van der Waals surface area contributed by atoms with E-state index in [0.717, 1.165) is 11.1 Å². The molecule has 0 spiro atoms. The van der Waals surface area contributed by atoms with E-state index in [-0.39, 0.29) is 24.3 Å². The molecule has 1 atom stereocenters. The second kappa shape index (κ2) is 13.6. The molecular formula is C33H31ClN2O8S. The zero-order valence-corrected chi connectivity index (χ0v) is 26.9. The van der Waals surface area contributed by atoms with Crippen LogP contribution in [0.5, 0.6) is 11.5 Å². The number of hydrogen-bond donors (Lipinski definition) is 0. The Balaban J connectivity index is 1.62. The van der Waals surface area contributed by atoms with Crippen molar-refractivity contribution < 1.29 is 33.0 Å². The maximum Gasteiger partial charge on any atom is 0.343 e. The summed E-state index contributed by atoms with van der Waals surface area (Å²) in [6.07, 6.45) is 1.66. The van der Waals surface area contributed by atoms with Gasteiger partial charge in [-0.3, -0.25) is 9.36 Å². The Bertz CT molecular complexity index is 1990. The van der Waals surface area contributed by atoms with E-state index in [9.17, 15) is 14.4 Å². The van der Waals surface area contributed by atoms with Gasteiger partial charge in [0.05, 0.1) is 42.2 Å². The third-order valence-corrected chi connectivity index (χ3v) is 8.26. The van der Waals surface area contributed by atoms with Gasteiger partial charge in [0.1, 0.15) is 11.5 Å². The van der Waals surface area contributed by atoms with Gasteiger partial charge in [-0.05, 0) is 75.2 Å². The highest BCUT2D eigenvalue weighted by atomic mass is 35.5. The largest absolute Gasteiger partial charge is 0.490 e. The van der Waals surface area contributed by atoms with Crippen molar-refractivity contribution in [1.29, 1.82) is 0 Å². The summed E-state index contributed by atoms with van der Waals surface area (Å²) in [7, 11) is 1.27. The van der Waals surface area contributed by atoms with Crippen molar-refractivity contribution in [1.82, 2.24) is 4.57 Å². The smallest absolute Gasteiger partial charge is 0.343 e. The first-order valence-electron chi connectivity index (χ1n) is 14.2. The molecule has 0 saturated carbocycles. The summed E-state index contributed by atoms with van der Waals surface area (Å²) < 4.78 is 29.4. The average molecular weight is 651 g/mol. The number of allylic oxidation sites excluding steroid dienone is 1. The van der Waals surface area contributed by atoms with Crippen LogP contribution in [0.1, 0.15) is 43.7 Å². The third-order valence-electron chi connectivity index (χ3n) is 7.04. The lowest BCUT2D eigenvalue weighted by atomic mass is 9.95. The molecule has 0 aliphatic carbocycles. The number of nitrogens with zero attached hydrogens (tertiary/aromatic N) is 2. The monoisotopic (exact) mass is 650 g/mol. The number of fused-ring (bicyclic) bond motifs is 1. The average Bonchev–Trinajstić information content (AvgIpc) is 3.60. The molecule has 4 aromatic rings. The molecule has 2 aromatic heterocycles. The Hall–Kier alpha value is -4.61. The van der Waals surface area contributed by atoms with Crippen LogP contribution in [0.2, 0.25) is 5.02 Å². The molecule has 10 nitrogen and oxygen atoms in total. The predicted molar refractivity (Wildman–Crippen MR) is 169 cm³/mol. The van der Waals surface area contributed by atoms with Crippen molar-refractivity contribution in [2.75, 3.05) is 26.9 Å². The van der Waals surface area contributed by atoms with Gasteiger partial charge in [0, 0.05) is 16.7 Å². The van der Waals surface area contributed by atoms with Gasteiger partial charge in [-0.15, -0.1) is 0 Å². The van der Waals surface area contributed by atoms with E-state index in [4.69, 9.17) is 30.2 Å². The lowest BCUT2D eigenvalue weighted by molar-refractivity contribution is -0.143. The maximum atomic E-state index is 14.0. The number of rotatable bonds is 10. The Labute approximate surface area is 267 Å². The van der Waals surface area contributed by atoms with Gasteiger partial charge in [-0.2, -0.15) is 0 Å². The number of hydrogen-bond acceptors (Lipinski definition) is 10. The maximum absolute atomic E-state index is 14.0. The van der Waals surface area contributed by atoms with Gasteiger partial charge < -0.3 is 23.4 Å². The van der Waals surface area contributed by atoms with Crippen molar-refractivity contribution in [3.05, 3.63) is 101 Å². The van der Waals surface area contributed by atoms with Crippen LogP contribution >= 0.6 is 22.9 Å². The third kappa shape index (κ3) is 6.59. The summed E-state index contributed by atoms with van der Waals surface area (Å²) in [4.78, 5) is 44.1. The van der Waals surface area contributed by atoms with E-state index in [2.05, 4.69) is 9.73 Å². The first kappa shape index (κ1) is 31.8. The number of thiazole rings is 1. The van der Waals surface area contributed by atoms with Crippen LogP contribution < -0.4 is 24.4 Å². The summed E-state index contributed by atoms with van der Waals surface area (Å²) in [5, 5.41) is 0.588. The van der Waals surface area contributed by atoms with Crippen molar-refractivity contribution in [2.45, 2.75) is 33.7 Å². The van der Waals surface area contributed by atoms with E-state index >= 15 is 0 Å². The summed E-state index contributed by atoms with van der Waals surface area (Å²) in [6.45, 7) is 7.32.